The predicted octanol–water partition coefficient (Wildman–Crippen LogP) is 5.80. The summed E-state index contributed by atoms with van der Waals surface area (Å²) in [6.45, 7) is 5.16. The summed E-state index contributed by atoms with van der Waals surface area (Å²) in [5.41, 5.74) is 0.938. The number of oxazole rings is 1. The highest BCUT2D eigenvalue weighted by Crippen LogP contribution is 2.32. The van der Waals surface area contributed by atoms with Crippen LogP contribution in [0.2, 0.25) is 0 Å². The molecule has 4 aromatic rings. The molecule has 2 aromatic carbocycles. The number of morpholine rings is 1. The second-order valence-electron chi connectivity index (χ2n) is 8.31. The van der Waals surface area contributed by atoms with Gasteiger partial charge in [0.25, 0.3) is 0 Å². The molecule has 0 bridgehead atoms. The fourth-order valence-corrected chi connectivity index (χ4v) is 3.83. The van der Waals surface area contributed by atoms with Crippen molar-refractivity contribution >= 4 is 11.1 Å². The Hall–Kier alpha value is -3.63. The second-order valence-corrected chi connectivity index (χ2v) is 8.31. The number of nitrogens with zero attached hydrogens (tertiary/aromatic N) is 3. The summed E-state index contributed by atoms with van der Waals surface area (Å²) in [4.78, 5) is 10.3. The maximum atomic E-state index is 12.7. The van der Waals surface area contributed by atoms with Crippen molar-refractivity contribution in [2.45, 2.75) is 12.6 Å². The van der Waals surface area contributed by atoms with Gasteiger partial charge in [0, 0.05) is 31.3 Å². The lowest BCUT2D eigenvalue weighted by atomic mass is 10.2. The van der Waals surface area contributed by atoms with Crippen molar-refractivity contribution in [3.63, 3.8) is 0 Å². The first kappa shape index (κ1) is 24.1. The number of benzene rings is 2. The number of alkyl halides is 3. The number of hydrogen-bond donors (Lipinski definition) is 0. The summed E-state index contributed by atoms with van der Waals surface area (Å²) >= 11 is 0. The number of aromatic nitrogens is 2. The van der Waals surface area contributed by atoms with E-state index in [9.17, 15) is 13.2 Å². The van der Waals surface area contributed by atoms with E-state index < -0.39 is 11.9 Å². The highest BCUT2D eigenvalue weighted by molar-refractivity contribution is 5.77. The molecule has 2 aromatic heterocycles. The van der Waals surface area contributed by atoms with Crippen LogP contribution in [0.15, 0.2) is 65.2 Å². The van der Waals surface area contributed by atoms with E-state index in [1.807, 2.05) is 24.3 Å². The van der Waals surface area contributed by atoms with Crippen LogP contribution in [0.25, 0.3) is 22.6 Å². The lowest BCUT2D eigenvalue weighted by molar-refractivity contribution is -0.141. The third-order valence-electron chi connectivity index (χ3n) is 5.71. The molecule has 1 aliphatic heterocycles. The minimum atomic E-state index is -4.50. The molecule has 0 aliphatic carbocycles. The van der Waals surface area contributed by atoms with Crippen LogP contribution in [-0.2, 0) is 10.9 Å². The fraction of sp³-hybridized carbons (Fsp3) is 0.308. The average molecular weight is 499 g/mol. The van der Waals surface area contributed by atoms with Gasteiger partial charge in [-0.25, -0.2) is 9.97 Å². The molecule has 0 radical (unpaired) electrons. The highest BCUT2D eigenvalue weighted by atomic mass is 19.4. The van der Waals surface area contributed by atoms with E-state index in [4.69, 9.17) is 18.6 Å². The molecule has 36 heavy (non-hydrogen) atoms. The van der Waals surface area contributed by atoms with Crippen molar-refractivity contribution in [3.05, 3.63) is 66.5 Å². The molecular weight excluding hydrogens is 475 g/mol. The van der Waals surface area contributed by atoms with Crippen LogP contribution in [0, 0.1) is 0 Å². The quantitative estimate of drug-likeness (QED) is 0.284. The average Bonchev–Trinajstić information content (AvgIpc) is 3.31. The van der Waals surface area contributed by atoms with Gasteiger partial charge < -0.3 is 18.6 Å². The van der Waals surface area contributed by atoms with E-state index in [2.05, 4.69) is 14.9 Å². The Bertz CT molecular complexity index is 1280. The molecule has 0 spiro atoms. The van der Waals surface area contributed by atoms with Crippen LogP contribution in [-0.4, -0.2) is 54.3 Å². The van der Waals surface area contributed by atoms with Gasteiger partial charge in [-0.3, -0.25) is 4.90 Å². The van der Waals surface area contributed by atoms with Gasteiger partial charge in [0.05, 0.1) is 26.0 Å². The highest BCUT2D eigenvalue weighted by Gasteiger charge is 2.32. The minimum absolute atomic E-state index is 0.183. The van der Waals surface area contributed by atoms with Crippen molar-refractivity contribution in [1.82, 2.24) is 14.9 Å². The van der Waals surface area contributed by atoms with Crippen LogP contribution in [0.3, 0.4) is 0 Å². The SMILES string of the molecule is FC(F)(F)c1ccc(Oc2ccc3nc(-c4ccc(OCCCN5CCOCC5)cc4)oc3c2)cn1. The summed E-state index contributed by atoms with van der Waals surface area (Å²) in [5.74, 6) is 1.80. The van der Waals surface area contributed by atoms with Crippen molar-refractivity contribution in [2.24, 2.45) is 0 Å². The number of rotatable bonds is 8. The lowest BCUT2D eigenvalue weighted by Crippen LogP contribution is -2.37. The van der Waals surface area contributed by atoms with E-state index in [1.165, 1.54) is 6.07 Å². The predicted molar refractivity (Wildman–Crippen MR) is 126 cm³/mol. The Labute approximate surface area is 205 Å². The molecule has 0 unspecified atom stereocenters. The summed E-state index contributed by atoms with van der Waals surface area (Å²) in [7, 11) is 0. The first-order valence-corrected chi connectivity index (χ1v) is 11.6. The molecule has 1 fully saturated rings. The molecule has 1 aliphatic rings. The van der Waals surface area contributed by atoms with E-state index >= 15 is 0 Å². The normalized spacial score (nSPS) is 14.8. The molecule has 188 valence electrons. The van der Waals surface area contributed by atoms with Gasteiger partial charge >= 0.3 is 6.18 Å². The zero-order valence-corrected chi connectivity index (χ0v) is 19.3. The van der Waals surface area contributed by atoms with Crippen molar-refractivity contribution in [1.29, 1.82) is 0 Å². The van der Waals surface area contributed by atoms with Crippen LogP contribution < -0.4 is 9.47 Å². The molecule has 5 rings (SSSR count). The molecule has 7 nitrogen and oxygen atoms in total. The standard InChI is InChI=1S/C26H24F3N3O4/c27-26(28,29)24-9-7-21(17-30-24)35-20-6-8-22-23(16-20)36-25(31-22)18-2-4-19(5-3-18)34-13-1-10-32-11-14-33-15-12-32/h2-9,16-17H,1,10-15H2. The topological polar surface area (TPSA) is 69.9 Å². The van der Waals surface area contributed by atoms with Gasteiger partial charge in [0.15, 0.2) is 5.58 Å². The summed E-state index contributed by atoms with van der Waals surface area (Å²) in [5, 5.41) is 0. The summed E-state index contributed by atoms with van der Waals surface area (Å²) in [6, 6.07) is 14.6. The Kier molecular flexibility index (Phi) is 7.06. The zero-order chi connectivity index (χ0) is 25.0. The monoisotopic (exact) mass is 499 g/mol. The molecule has 0 saturated carbocycles. The number of pyridine rings is 1. The van der Waals surface area contributed by atoms with E-state index in [-0.39, 0.29) is 5.75 Å². The van der Waals surface area contributed by atoms with Gasteiger partial charge in [-0.05, 0) is 55.0 Å². The second kappa shape index (κ2) is 10.5. The first-order valence-electron chi connectivity index (χ1n) is 11.6. The van der Waals surface area contributed by atoms with Crippen molar-refractivity contribution in [2.75, 3.05) is 39.5 Å². The third kappa shape index (κ3) is 5.95. The van der Waals surface area contributed by atoms with E-state index in [0.717, 1.165) is 62.8 Å². The molecular formula is C26H24F3N3O4. The Morgan fingerprint density at radius 3 is 2.39 bits per heavy atom. The summed E-state index contributed by atoms with van der Waals surface area (Å²) < 4.78 is 60.8. The van der Waals surface area contributed by atoms with Crippen molar-refractivity contribution < 1.29 is 31.8 Å². The molecule has 1 saturated heterocycles. The number of fused-ring (bicyclic) bond motifs is 1. The Morgan fingerprint density at radius 2 is 1.67 bits per heavy atom. The van der Waals surface area contributed by atoms with Gasteiger partial charge in [0.1, 0.15) is 28.5 Å². The lowest BCUT2D eigenvalue weighted by Gasteiger charge is -2.26. The Morgan fingerprint density at radius 1 is 0.917 bits per heavy atom. The molecule has 0 atom stereocenters. The number of halogens is 3. The molecule has 3 heterocycles. The van der Waals surface area contributed by atoms with Crippen LogP contribution in [0.4, 0.5) is 13.2 Å². The van der Waals surface area contributed by atoms with Gasteiger partial charge in [0.2, 0.25) is 5.89 Å². The molecule has 0 amide bonds. The first-order chi connectivity index (χ1) is 17.4. The third-order valence-corrected chi connectivity index (χ3v) is 5.71. The van der Waals surface area contributed by atoms with Crippen LogP contribution in [0.5, 0.6) is 17.2 Å². The maximum Gasteiger partial charge on any atom is 0.433 e. The van der Waals surface area contributed by atoms with Gasteiger partial charge in [-0.2, -0.15) is 13.2 Å². The largest absolute Gasteiger partial charge is 0.494 e. The van der Waals surface area contributed by atoms with Crippen molar-refractivity contribution in [3.8, 4) is 28.7 Å². The Balaban J connectivity index is 1.19. The van der Waals surface area contributed by atoms with Gasteiger partial charge in [-0.1, -0.05) is 0 Å². The minimum Gasteiger partial charge on any atom is -0.494 e. The van der Waals surface area contributed by atoms with Gasteiger partial charge in [-0.15, -0.1) is 0 Å². The van der Waals surface area contributed by atoms with E-state index in [1.54, 1.807) is 18.2 Å². The fourth-order valence-electron chi connectivity index (χ4n) is 3.83. The maximum absolute atomic E-state index is 12.7. The molecule has 0 N–H and O–H groups in total. The van der Waals surface area contributed by atoms with Crippen LogP contribution >= 0.6 is 0 Å². The summed E-state index contributed by atoms with van der Waals surface area (Å²) in [6.07, 6.45) is -2.52. The van der Waals surface area contributed by atoms with Crippen LogP contribution in [0.1, 0.15) is 12.1 Å². The molecule has 10 heteroatoms. The zero-order valence-electron chi connectivity index (χ0n) is 19.3. The smallest absolute Gasteiger partial charge is 0.433 e. The number of hydrogen-bond acceptors (Lipinski definition) is 7. The number of ether oxygens (including phenoxy) is 3. The van der Waals surface area contributed by atoms with E-state index in [0.29, 0.717) is 29.3 Å².